The van der Waals surface area contributed by atoms with E-state index in [1.807, 2.05) is 0 Å². The molecule has 0 radical (unpaired) electrons. The minimum absolute atomic E-state index is 0.192. The Morgan fingerprint density at radius 2 is 2.14 bits per heavy atom. The van der Waals surface area contributed by atoms with E-state index in [0.717, 1.165) is 32.1 Å². The Morgan fingerprint density at radius 3 is 2.86 bits per heavy atom. The maximum absolute atomic E-state index is 12.3. The van der Waals surface area contributed by atoms with Crippen molar-refractivity contribution >= 4 is 5.91 Å². The molecule has 2 heterocycles. The number of hydrogen-bond donors (Lipinski definition) is 2. The van der Waals surface area contributed by atoms with Gasteiger partial charge >= 0.3 is 0 Å². The number of imidazole rings is 1. The monoisotopic (exact) mass is 300 g/mol. The summed E-state index contributed by atoms with van der Waals surface area (Å²) in [6.45, 7) is 0.300. The zero-order valence-electron chi connectivity index (χ0n) is 12.4. The van der Waals surface area contributed by atoms with Gasteiger partial charge in [-0.1, -0.05) is 19.3 Å². The van der Waals surface area contributed by atoms with Crippen molar-refractivity contribution in [3.8, 4) is 5.82 Å². The third-order valence-corrected chi connectivity index (χ3v) is 4.14. The van der Waals surface area contributed by atoms with E-state index in [0.29, 0.717) is 17.9 Å². The summed E-state index contributed by atoms with van der Waals surface area (Å²) in [7, 11) is 0. The summed E-state index contributed by atoms with van der Waals surface area (Å²) in [6, 6.07) is 3.38. The number of pyridine rings is 1. The van der Waals surface area contributed by atoms with Crippen molar-refractivity contribution in [2.75, 3.05) is 6.54 Å². The van der Waals surface area contributed by atoms with E-state index in [2.05, 4.69) is 15.3 Å². The molecule has 0 unspecified atom stereocenters. The SMILES string of the molecule is O=C(NCC1(O)CCCCC1)c1ccnc(-n2ccnc2)c1. The second kappa shape index (κ2) is 6.27. The quantitative estimate of drug-likeness (QED) is 0.900. The summed E-state index contributed by atoms with van der Waals surface area (Å²) in [6.07, 6.45) is 11.4. The largest absolute Gasteiger partial charge is 0.388 e. The van der Waals surface area contributed by atoms with Crippen LogP contribution in [-0.4, -0.2) is 37.7 Å². The molecular formula is C16H20N4O2. The van der Waals surface area contributed by atoms with Crippen LogP contribution in [0, 0.1) is 0 Å². The molecule has 2 N–H and O–H groups in total. The first-order valence-corrected chi connectivity index (χ1v) is 7.61. The highest BCUT2D eigenvalue weighted by Gasteiger charge is 2.29. The second-order valence-corrected chi connectivity index (χ2v) is 5.84. The van der Waals surface area contributed by atoms with Gasteiger partial charge in [0.25, 0.3) is 5.91 Å². The van der Waals surface area contributed by atoms with Crippen LogP contribution in [0.15, 0.2) is 37.1 Å². The highest BCUT2D eigenvalue weighted by atomic mass is 16.3. The molecule has 116 valence electrons. The molecule has 3 rings (SSSR count). The number of rotatable bonds is 4. The van der Waals surface area contributed by atoms with Crippen molar-refractivity contribution in [1.29, 1.82) is 0 Å². The number of carbonyl (C=O) groups is 1. The zero-order valence-corrected chi connectivity index (χ0v) is 12.4. The van der Waals surface area contributed by atoms with Crippen molar-refractivity contribution in [1.82, 2.24) is 19.9 Å². The van der Waals surface area contributed by atoms with Gasteiger partial charge in [-0.15, -0.1) is 0 Å². The Balaban J connectivity index is 1.66. The lowest BCUT2D eigenvalue weighted by Crippen LogP contribution is -2.44. The molecule has 1 fully saturated rings. The minimum Gasteiger partial charge on any atom is -0.388 e. The molecule has 6 nitrogen and oxygen atoms in total. The molecule has 0 bridgehead atoms. The Hall–Kier alpha value is -2.21. The van der Waals surface area contributed by atoms with Crippen LogP contribution in [0.4, 0.5) is 0 Å². The second-order valence-electron chi connectivity index (χ2n) is 5.84. The predicted octanol–water partition coefficient (Wildman–Crippen LogP) is 1.69. The Bertz CT molecular complexity index is 633. The number of carbonyl (C=O) groups excluding carboxylic acids is 1. The normalized spacial score (nSPS) is 17.1. The fraction of sp³-hybridized carbons (Fsp3) is 0.438. The maximum Gasteiger partial charge on any atom is 0.251 e. The first-order chi connectivity index (χ1) is 10.7. The van der Waals surface area contributed by atoms with Gasteiger partial charge in [-0.25, -0.2) is 9.97 Å². The molecule has 22 heavy (non-hydrogen) atoms. The first kappa shape index (κ1) is 14.7. The highest BCUT2D eigenvalue weighted by molar-refractivity contribution is 5.94. The summed E-state index contributed by atoms with van der Waals surface area (Å²) in [4.78, 5) is 20.5. The van der Waals surface area contributed by atoms with Crippen LogP contribution in [0.2, 0.25) is 0 Å². The molecule has 2 aromatic heterocycles. The molecule has 0 spiro atoms. The molecule has 1 aliphatic rings. The van der Waals surface area contributed by atoms with Crippen LogP contribution >= 0.6 is 0 Å². The molecule has 1 aliphatic carbocycles. The van der Waals surface area contributed by atoms with E-state index >= 15 is 0 Å². The Morgan fingerprint density at radius 1 is 1.32 bits per heavy atom. The van der Waals surface area contributed by atoms with E-state index in [1.165, 1.54) is 0 Å². The fourth-order valence-corrected chi connectivity index (χ4v) is 2.83. The number of nitrogens with one attached hydrogen (secondary N) is 1. The van der Waals surface area contributed by atoms with E-state index < -0.39 is 5.60 Å². The van der Waals surface area contributed by atoms with Crippen LogP contribution in [0.5, 0.6) is 0 Å². The summed E-state index contributed by atoms with van der Waals surface area (Å²) in [5.74, 6) is 0.448. The van der Waals surface area contributed by atoms with Gasteiger partial charge in [0.15, 0.2) is 0 Å². The summed E-state index contributed by atoms with van der Waals surface area (Å²) >= 11 is 0. The third-order valence-electron chi connectivity index (χ3n) is 4.14. The smallest absolute Gasteiger partial charge is 0.251 e. The van der Waals surface area contributed by atoms with Crippen molar-refractivity contribution < 1.29 is 9.90 Å². The molecule has 6 heteroatoms. The van der Waals surface area contributed by atoms with E-state index in [-0.39, 0.29) is 5.91 Å². The third kappa shape index (κ3) is 3.33. The van der Waals surface area contributed by atoms with Gasteiger partial charge in [-0.3, -0.25) is 9.36 Å². The summed E-state index contributed by atoms with van der Waals surface area (Å²) < 4.78 is 1.74. The summed E-state index contributed by atoms with van der Waals surface area (Å²) in [5, 5.41) is 13.3. The lowest BCUT2D eigenvalue weighted by atomic mass is 9.85. The van der Waals surface area contributed by atoms with Crippen LogP contribution in [0.1, 0.15) is 42.5 Å². The number of aromatic nitrogens is 3. The molecule has 1 saturated carbocycles. The maximum atomic E-state index is 12.3. The molecule has 0 aliphatic heterocycles. The average molecular weight is 300 g/mol. The Labute approximate surface area is 129 Å². The van der Waals surface area contributed by atoms with E-state index in [9.17, 15) is 9.90 Å². The standard InChI is InChI=1S/C16H20N4O2/c21-15(19-11-16(22)5-2-1-3-6-16)13-4-7-18-14(10-13)20-9-8-17-12-20/h4,7-10,12,22H,1-3,5-6,11H2,(H,19,21). The van der Waals surface area contributed by atoms with E-state index in [1.54, 1.807) is 41.6 Å². The number of hydrogen-bond acceptors (Lipinski definition) is 4. The zero-order chi connectivity index (χ0) is 15.4. The lowest BCUT2D eigenvalue weighted by Gasteiger charge is -2.32. The number of nitrogens with zero attached hydrogens (tertiary/aromatic N) is 3. The van der Waals surface area contributed by atoms with Crippen molar-refractivity contribution in [2.45, 2.75) is 37.7 Å². The predicted molar refractivity (Wildman–Crippen MR) is 81.7 cm³/mol. The lowest BCUT2D eigenvalue weighted by molar-refractivity contribution is 0.00526. The Kier molecular flexibility index (Phi) is 4.20. The average Bonchev–Trinajstić information content (AvgIpc) is 3.08. The van der Waals surface area contributed by atoms with Gasteiger partial charge in [-0.05, 0) is 25.0 Å². The van der Waals surface area contributed by atoms with Gasteiger partial charge in [0.2, 0.25) is 0 Å². The van der Waals surface area contributed by atoms with Crippen molar-refractivity contribution in [3.05, 3.63) is 42.6 Å². The molecular weight excluding hydrogens is 280 g/mol. The molecule has 0 aromatic carbocycles. The van der Waals surface area contributed by atoms with Crippen LogP contribution in [0.25, 0.3) is 5.82 Å². The van der Waals surface area contributed by atoms with Crippen molar-refractivity contribution in [3.63, 3.8) is 0 Å². The minimum atomic E-state index is -0.756. The topological polar surface area (TPSA) is 80.0 Å². The van der Waals surface area contributed by atoms with Crippen LogP contribution < -0.4 is 5.32 Å². The van der Waals surface area contributed by atoms with Gasteiger partial charge in [0, 0.05) is 30.7 Å². The van der Waals surface area contributed by atoms with Gasteiger partial charge in [-0.2, -0.15) is 0 Å². The van der Waals surface area contributed by atoms with Gasteiger partial charge in [0.1, 0.15) is 12.1 Å². The summed E-state index contributed by atoms with van der Waals surface area (Å²) in [5.41, 5.74) is -0.230. The number of amides is 1. The fourth-order valence-electron chi connectivity index (χ4n) is 2.83. The molecule has 2 aromatic rings. The van der Waals surface area contributed by atoms with Crippen LogP contribution in [0.3, 0.4) is 0 Å². The first-order valence-electron chi connectivity index (χ1n) is 7.61. The van der Waals surface area contributed by atoms with Gasteiger partial charge in [0.05, 0.1) is 5.60 Å². The van der Waals surface area contributed by atoms with Gasteiger partial charge < -0.3 is 10.4 Å². The molecule has 0 saturated heterocycles. The molecule has 0 atom stereocenters. The highest BCUT2D eigenvalue weighted by Crippen LogP contribution is 2.27. The number of aliphatic hydroxyl groups is 1. The van der Waals surface area contributed by atoms with Crippen molar-refractivity contribution in [2.24, 2.45) is 0 Å². The van der Waals surface area contributed by atoms with Crippen LogP contribution in [-0.2, 0) is 0 Å². The molecule has 1 amide bonds. The van der Waals surface area contributed by atoms with E-state index in [4.69, 9.17) is 0 Å².